The SMILES string of the molecule is O=C(NC[C@H]1CN(Cc2cccc3ccccc23)Cc2cncn21)C1CC1. The van der Waals surface area contributed by atoms with E-state index < -0.39 is 0 Å². The first kappa shape index (κ1) is 16.5. The fourth-order valence-electron chi connectivity index (χ4n) is 4.13. The minimum atomic E-state index is 0.211. The first-order valence-electron chi connectivity index (χ1n) is 9.75. The van der Waals surface area contributed by atoms with Crippen LogP contribution in [0.3, 0.4) is 0 Å². The van der Waals surface area contributed by atoms with E-state index in [1.165, 1.54) is 22.0 Å². The van der Waals surface area contributed by atoms with Gasteiger partial charge in [0, 0.05) is 38.3 Å². The minimum absolute atomic E-state index is 0.211. The Labute approximate surface area is 159 Å². The van der Waals surface area contributed by atoms with Gasteiger partial charge in [-0.05, 0) is 29.2 Å². The molecular weight excluding hydrogens is 336 g/mol. The van der Waals surface area contributed by atoms with Gasteiger partial charge in [-0.15, -0.1) is 0 Å². The van der Waals surface area contributed by atoms with Crippen LogP contribution in [0.25, 0.3) is 10.8 Å². The van der Waals surface area contributed by atoms with Gasteiger partial charge in [-0.25, -0.2) is 4.98 Å². The molecule has 2 aromatic carbocycles. The summed E-state index contributed by atoms with van der Waals surface area (Å²) in [5.74, 6) is 0.463. The summed E-state index contributed by atoms with van der Waals surface area (Å²) in [6.45, 7) is 3.37. The van der Waals surface area contributed by atoms with Crippen molar-refractivity contribution in [2.24, 2.45) is 5.92 Å². The van der Waals surface area contributed by atoms with E-state index in [1.54, 1.807) is 0 Å². The van der Waals surface area contributed by atoms with Gasteiger partial charge in [0.15, 0.2) is 0 Å². The summed E-state index contributed by atoms with van der Waals surface area (Å²) in [6.07, 6.45) is 5.93. The van der Waals surface area contributed by atoms with Gasteiger partial charge in [-0.1, -0.05) is 42.5 Å². The second kappa shape index (κ2) is 6.82. The summed E-state index contributed by atoms with van der Waals surface area (Å²) in [6, 6.07) is 15.3. The van der Waals surface area contributed by atoms with E-state index in [9.17, 15) is 4.79 Å². The quantitative estimate of drug-likeness (QED) is 0.761. The average Bonchev–Trinajstić information content (AvgIpc) is 3.44. The van der Waals surface area contributed by atoms with Crippen LogP contribution in [0.15, 0.2) is 55.0 Å². The number of rotatable bonds is 5. The van der Waals surface area contributed by atoms with Gasteiger partial charge in [-0.3, -0.25) is 9.69 Å². The predicted molar refractivity (Wildman–Crippen MR) is 105 cm³/mol. The molecular formula is C22H24N4O. The first-order valence-corrected chi connectivity index (χ1v) is 9.75. The second-order valence-corrected chi connectivity index (χ2v) is 7.77. The van der Waals surface area contributed by atoms with Crippen molar-refractivity contribution in [3.63, 3.8) is 0 Å². The van der Waals surface area contributed by atoms with E-state index >= 15 is 0 Å². The maximum Gasteiger partial charge on any atom is 0.223 e. The van der Waals surface area contributed by atoms with Gasteiger partial charge in [0.05, 0.1) is 18.1 Å². The number of hydrogen-bond acceptors (Lipinski definition) is 3. The fourth-order valence-corrected chi connectivity index (χ4v) is 4.13. The number of carbonyl (C=O) groups excluding carboxylic acids is 1. The zero-order chi connectivity index (χ0) is 18.2. The number of benzene rings is 2. The van der Waals surface area contributed by atoms with Crippen LogP contribution in [0.4, 0.5) is 0 Å². The molecule has 2 aliphatic rings. The Bertz CT molecular complexity index is 970. The molecule has 0 bridgehead atoms. The van der Waals surface area contributed by atoms with Crippen molar-refractivity contribution in [2.75, 3.05) is 13.1 Å². The van der Waals surface area contributed by atoms with E-state index in [2.05, 4.69) is 62.2 Å². The van der Waals surface area contributed by atoms with Crippen LogP contribution >= 0.6 is 0 Å². The van der Waals surface area contributed by atoms with Crippen LogP contribution in [0, 0.1) is 5.92 Å². The molecule has 1 amide bonds. The number of nitrogens with one attached hydrogen (secondary N) is 1. The highest BCUT2D eigenvalue weighted by Gasteiger charge is 2.31. The Kier molecular flexibility index (Phi) is 4.17. The Morgan fingerprint density at radius 3 is 2.89 bits per heavy atom. The minimum Gasteiger partial charge on any atom is -0.354 e. The summed E-state index contributed by atoms with van der Waals surface area (Å²) in [4.78, 5) is 18.9. The maximum atomic E-state index is 12.1. The molecule has 3 aromatic rings. The smallest absolute Gasteiger partial charge is 0.223 e. The van der Waals surface area contributed by atoms with Crippen molar-refractivity contribution in [1.82, 2.24) is 19.8 Å². The Morgan fingerprint density at radius 1 is 1.15 bits per heavy atom. The zero-order valence-corrected chi connectivity index (χ0v) is 15.3. The third kappa shape index (κ3) is 3.35. The number of hydrogen-bond donors (Lipinski definition) is 1. The summed E-state index contributed by atoms with van der Waals surface area (Å²) in [7, 11) is 0. The lowest BCUT2D eigenvalue weighted by Gasteiger charge is -2.34. The molecule has 2 heterocycles. The van der Waals surface area contributed by atoms with Gasteiger partial charge in [0.2, 0.25) is 5.91 Å². The van der Waals surface area contributed by atoms with Gasteiger partial charge in [-0.2, -0.15) is 0 Å². The Balaban J connectivity index is 1.35. The molecule has 5 nitrogen and oxygen atoms in total. The fraction of sp³-hybridized carbons (Fsp3) is 0.364. The molecule has 27 heavy (non-hydrogen) atoms. The maximum absolute atomic E-state index is 12.1. The Hall–Kier alpha value is -2.66. The van der Waals surface area contributed by atoms with Gasteiger partial charge < -0.3 is 9.88 Å². The zero-order valence-electron chi connectivity index (χ0n) is 15.3. The lowest BCUT2D eigenvalue weighted by molar-refractivity contribution is -0.122. The van der Waals surface area contributed by atoms with Gasteiger partial charge in [0.1, 0.15) is 0 Å². The lowest BCUT2D eigenvalue weighted by Crippen LogP contribution is -2.42. The highest BCUT2D eigenvalue weighted by molar-refractivity contribution is 5.85. The van der Waals surface area contributed by atoms with Crippen LogP contribution in [0.5, 0.6) is 0 Å². The lowest BCUT2D eigenvalue weighted by atomic mass is 10.0. The van der Waals surface area contributed by atoms with Crippen molar-refractivity contribution >= 4 is 16.7 Å². The highest BCUT2D eigenvalue weighted by Crippen LogP contribution is 2.29. The Morgan fingerprint density at radius 2 is 2.00 bits per heavy atom. The van der Waals surface area contributed by atoms with Crippen molar-refractivity contribution in [1.29, 1.82) is 0 Å². The summed E-state index contributed by atoms with van der Waals surface area (Å²) < 4.78 is 2.23. The molecule has 138 valence electrons. The monoisotopic (exact) mass is 360 g/mol. The van der Waals surface area contributed by atoms with Gasteiger partial charge in [0.25, 0.3) is 0 Å². The molecule has 1 fully saturated rings. The average molecular weight is 360 g/mol. The molecule has 1 saturated carbocycles. The number of fused-ring (bicyclic) bond motifs is 2. The standard InChI is InChI=1S/C22H24N4O/c27-22(17-8-9-17)24-11-20-14-25(13-19-10-23-15-26(19)20)12-18-6-3-5-16-4-1-2-7-21(16)18/h1-7,10,15,17,20H,8-9,11-14H2,(H,24,27)/t20-/m0/s1. The van der Waals surface area contributed by atoms with Gasteiger partial charge >= 0.3 is 0 Å². The van der Waals surface area contributed by atoms with Crippen molar-refractivity contribution in [3.8, 4) is 0 Å². The summed E-state index contributed by atoms with van der Waals surface area (Å²) in [5.41, 5.74) is 2.56. The summed E-state index contributed by atoms with van der Waals surface area (Å²) in [5, 5.41) is 5.74. The van der Waals surface area contributed by atoms with Crippen molar-refractivity contribution in [3.05, 3.63) is 66.2 Å². The van der Waals surface area contributed by atoms with Crippen LogP contribution < -0.4 is 5.32 Å². The topological polar surface area (TPSA) is 50.2 Å². The van der Waals surface area contributed by atoms with Crippen LogP contribution in [-0.4, -0.2) is 33.4 Å². The molecule has 1 aromatic heterocycles. The second-order valence-electron chi connectivity index (χ2n) is 7.77. The molecule has 0 spiro atoms. The van der Waals surface area contributed by atoms with E-state index in [0.717, 1.165) is 32.5 Å². The predicted octanol–water partition coefficient (Wildman–Crippen LogP) is 3.12. The van der Waals surface area contributed by atoms with Crippen molar-refractivity contribution in [2.45, 2.75) is 32.0 Å². The van der Waals surface area contributed by atoms with Crippen LogP contribution in [-0.2, 0) is 17.9 Å². The van der Waals surface area contributed by atoms with E-state index in [1.807, 2.05) is 12.5 Å². The molecule has 1 N–H and O–H groups in total. The molecule has 0 saturated heterocycles. The molecule has 0 unspecified atom stereocenters. The van der Waals surface area contributed by atoms with Crippen molar-refractivity contribution < 1.29 is 4.79 Å². The molecule has 0 radical (unpaired) electrons. The number of aromatic nitrogens is 2. The van der Waals surface area contributed by atoms with Crippen LogP contribution in [0.1, 0.15) is 30.1 Å². The highest BCUT2D eigenvalue weighted by atomic mass is 16.2. The number of nitrogens with zero attached hydrogens (tertiary/aromatic N) is 3. The number of carbonyl (C=O) groups is 1. The third-order valence-corrected chi connectivity index (χ3v) is 5.73. The van der Waals surface area contributed by atoms with E-state index in [0.29, 0.717) is 6.54 Å². The molecule has 5 rings (SSSR count). The first-order chi connectivity index (χ1) is 13.3. The van der Waals surface area contributed by atoms with E-state index in [-0.39, 0.29) is 17.9 Å². The molecule has 1 aliphatic carbocycles. The van der Waals surface area contributed by atoms with E-state index in [4.69, 9.17) is 0 Å². The molecule has 1 aliphatic heterocycles. The largest absolute Gasteiger partial charge is 0.354 e. The third-order valence-electron chi connectivity index (χ3n) is 5.73. The number of imidazole rings is 1. The molecule has 1 atom stereocenters. The number of amides is 1. The van der Waals surface area contributed by atoms with Crippen LogP contribution in [0.2, 0.25) is 0 Å². The summed E-state index contributed by atoms with van der Waals surface area (Å²) >= 11 is 0. The normalized spacial score (nSPS) is 19.8. The molecule has 5 heteroatoms.